The zero-order valence-corrected chi connectivity index (χ0v) is 11.3. The number of carbonyl (C=O) groups is 1. The van der Waals surface area contributed by atoms with Gasteiger partial charge in [0.15, 0.2) is 0 Å². The Labute approximate surface area is 112 Å². The fourth-order valence-corrected chi connectivity index (χ4v) is 2.41. The fourth-order valence-electron chi connectivity index (χ4n) is 2.41. The van der Waals surface area contributed by atoms with Crippen LogP contribution >= 0.6 is 0 Å². The van der Waals surface area contributed by atoms with Gasteiger partial charge in [0.1, 0.15) is 6.54 Å². The summed E-state index contributed by atoms with van der Waals surface area (Å²) in [5.74, 6) is 0.521. The van der Waals surface area contributed by atoms with Crippen LogP contribution in [0.1, 0.15) is 18.5 Å². The summed E-state index contributed by atoms with van der Waals surface area (Å²) >= 11 is 0. The summed E-state index contributed by atoms with van der Waals surface area (Å²) < 4.78 is 6.71. The smallest absolute Gasteiger partial charge is 0.244 e. The van der Waals surface area contributed by atoms with Gasteiger partial charge in [0.05, 0.1) is 18.5 Å². The highest BCUT2D eigenvalue weighted by Crippen LogP contribution is 2.16. The van der Waals surface area contributed by atoms with Gasteiger partial charge in [-0.3, -0.25) is 4.79 Å². The molecule has 1 saturated heterocycles. The van der Waals surface area contributed by atoms with E-state index in [0.29, 0.717) is 24.8 Å². The van der Waals surface area contributed by atoms with E-state index < -0.39 is 0 Å². The Morgan fingerprint density at radius 1 is 1.63 bits per heavy atom. The monoisotopic (exact) mass is 267 g/mol. The minimum atomic E-state index is 0.0780. The van der Waals surface area contributed by atoms with E-state index in [1.165, 1.54) is 0 Å². The molecule has 0 saturated carbocycles. The van der Waals surface area contributed by atoms with Crippen LogP contribution in [0.2, 0.25) is 0 Å². The van der Waals surface area contributed by atoms with Gasteiger partial charge in [0.25, 0.3) is 0 Å². The number of hydrogen-bond donors (Lipinski definition) is 1. The summed E-state index contributed by atoms with van der Waals surface area (Å²) in [5, 5.41) is 7.77. The highest BCUT2D eigenvalue weighted by Gasteiger charge is 2.23. The van der Waals surface area contributed by atoms with Gasteiger partial charge in [0.2, 0.25) is 5.91 Å². The van der Waals surface area contributed by atoms with E-state index in [1.807, 2.05) is 4.90 Å². The lowest BCUT2D eigenvalue weighted by atomic mass is 9.99. The Morgan fingerprint density at radius 3 is 3.16 bits per heavy atom. The van der Waals surface area contributed by atoms with E-state index in [-0.39, 0.29) is 12.5 Å². The first-order chi connectivity index (χ1) is 9.22. The minimum absolute atomic E-state index is 0.0780. The van der Waals surface area contributed by atoms with Gasteiger partial charge in [0, 0.05) is 26.7 Å². The normalized spacial score (nSPS) is 19.7. The van der Waals surface area contributed by atoms with E-state index in [0.717, 1.165) is 25.9 Å². The van der Waals surface area contributed by atoms with Gasteiger partial charge in [-0.1, -0.05) is 5.21 Å². The molecule has 7 nitrogen and oxygen atoms in total. The molecule has 1 unspecified atom stereocenters. The molecule has 19 heavy (non-hydrogen) atoms. The largest absolute Gasteiger partial charge is 0.384 e. The zero-order valence-electron chi connectivity index (χ0n) is 11.3. The van der Waals surface area contributed by atoms with Crippen molar-refractivity contribution in [1.82, 2.24) is 19.9 Å². The van der Waals surface area contributed by atoms with Crippen molar-refractivity contribution in [2.45, 2.75) is 25.9 Å². The first-order valence-corrected chi connectivity index (χ1v) is 6.58. The molecule has 1 aromatic heterocycles. The number of nitrogens with two attached hydrogens (primary N) is 1. The molecule has 1 aliphatic heterocycles. The van der Waals surface area contributed by atoms with Gasteiger partial charge in [-0.15, -0.1) is 5.10 Å². The predicted molar refractivity (Wildman–Crippen MR) is 69.1 cm³/mol. The van der Waals surface area contributed by atoms with Crippen LogP contribution in [0.5, 0.6) is 0 Å². The number of hydrogen-bond acceptors (Lipinski definition) is 5. The first-order valence-electron chi connectivity index (χ1n) is 6.58. The summed E-state index contributed by atoms with van der Waals surface area (Å²) in [5.41, 5.74) is 6.16. The van der Waals surface area contributed by atoms with Crippen molar-refractivity contribution in [2.24, 2.45) is 11.7 Å². The molecule has 7 heteroatoms. The second-order valence-electron chi connectivity index (χ2n) is 4.91. The molecule has 0 spiro atoms. The minimum Gasteiger partial charge on any atom is -0.384 e. The third-order valence-corrected chi connectivity index (χ3v) is 3.37. The van der Waals surface area contributed by atoms with Crippen molar-refractivity contribution in [2.75, 3.05) is 26.8 Å². The van der Waals surface area contributed by atoms with Crippen LogP contribution in [0.25, 0.3) is 0 Å². The van der Waals surface area contributed by atoms with Crippen LogP contribution in [0, 0.1) is 5.92 Å². The lowest BCUT2D eigenvalue weighted by Gasteiger charge is -2.32. The highest BCUT2D eigenvalue weighted by molar-refractivity contribution is 5.76. The Morgan fingerprint density at radius 2 is 2.47 bits per heavy atom. The summed E-state index contributed by atoms with van der Waals surface area (Å²) in [7, 11) is 1.70. The highest BCUT2D eigenvalue weighted by atomic mass is 16.5. The second kappa shape index (κ2) is 6.63. The van der Waals surface area contributed by atoms with Gasteiger partial charge in [-0.2, -0.15) is 0 Å². The molecular weight excluding hydrogens is 246 g/mol. The van der Waals surface area contributed by atoms with Crippen LogP contribution in [-0.4, -0.2) is 52.6 Å². The Balaban J connectivity index is 1.88. The van der Waals surface area contributed by atoms with Crippen molar-refractivity contribution in [3.63, 3.8) is 0 Å². The number of amides is 1. The maximum absolute atomic E-state index is 12.2. The average Bonchev–Trinajstić information content (AvgIpc) is 2.87. The molecule has 0 aromatic carbocycles. The molecule has 0 radical (unpaired) electrons. The number of rotatable bonds is 5. The average molecular weight is 267 g/mol. The van der Waals surface area contributed by atoms with E-state index >= 15 is 0 Å². The second-order valence-corrected chi connectivity index (χ2v) is 4.91. The number of piperidine rings is 1. The van der Waals surface area contributed by atoms with Crippen molar-refractivity contribution < 1.29 is 9.53 Å². The van der Waals surface area contributed by atoms with Crippen molar-refractivity contribution >= 4 is 5.91 Å². The molecular formula is C12H21N5O2. The number of carbonyl (C=O) groups excluding carboxylic acids is 1. The molecule has 1 amide bonds. The van der Waals surface area contributed by atoms with Gasteiger partial charge >= 0.3 is 0 Å². The lowest BCUT2D eigenvalue weighted by molar-refractivity contribution is -0.134. The maximum Gasteiger partial charge on any atom is 0.244 e. The number of likely N-dealkylation sites (tertiary alicyclic amines) is 1. The standard InChI is InChI=1S/C12H21N5O2/c1-19-9-10-3-2-4-16(6-10)12(18)8-17-7-11(5-13)14-15-17/h7,10H,2-6,8-9,13H2,1H3. The molecule has 106 valence electrons. The maximum atomic E-state index is 12.2. The third-order valence-electron chi connectivity index (χ3n) is 3.37. The van der Waals surface area contributed by atoms with Gasteiger partial charge < -0.3 is 15.4 Å². The Kier molecular flexibility index (Phi) is 4.86. The van der Waals surface area contributed by atoms with Crippen LogP contribution < -0.4 is 5.73 Å². The molecule has 1 aromatic rings. The summed E-state index contributed by atoms with van der Waals surface area (Å²) in [4.78, 5) is 14.1. The molecule has 2 rings (SSSR count). The number of aromatic nitrogens is 3. The number of nitrogens with zero attached hydrogens (tertiary/aromatic N) is 4. The Bertz CT molecular complexity index is 418. The van der Waals surface area contributed by atoms with Crippen molar-refractivity contribution in [3.8, 4) is 0 Å². The van der Waals surface area contributed by atoms with Gasteiger partial charge in [-0.05, 0) is 18.8 Å². The van der Waals surface area contributed by atoms with Crippen LogP contribution in [-0.2, 0) is 22.6 Å². The molecule has 1 aliphatic rings. The quantitative estimate of drug-likeness (QED) is 0.786. The molecule has 2 N–H and O–H groups in total. The van der Waals surface area contributed by atoms with E-state index in [4.69, 9.17) is 10.5 Å². The zero-order chi connectivity index (χ0) is 13.7. The number of ether oxygens (including phenoxy) is 1. The summed E-state index contributed by atoms with van der Waals surface area (Å²) in [6, 6.07) is 0. The molecule has 0 aliphatic carbocycles. The van der Waals surface area contributed by atoms with Crippen LogP contribution in [0.15, 0.2) is 6.20 Å². The molecule has 1 fully saturated rings. The fraction of sp³-hybridized carbons (Fsp3) is 0.750. The topological polar surface area (TPSA) is 86.3 Å². The summed E-state index contributed by atoms with van der Waals surface area (Å²) in [6.07, 6.45) is 3.87. The van der Waals surface area contributed by atoms with E-state index in [1.54, 1.807) is 18.0 Å². The van der Waals surface area contributed by atoms with E-state index in [9.17, 15) is 4.79 Å². The molecule has 0 bridgehead atoms. The predicted octanol–water partition coefficient (Wildman–Crippen LogP) is -0.378. The third kappa shape index (κ3) is 3.74. The lowest BCUT2D eigenvalue weighted by Crippen LogP contribution is -2.42. The van der Waals surface area contributed by atoms with Crippen LogP contribution in [0.3, 0.4) is 0 Å². The van der Waals surface area contributed by atoms with E-state index in [2.05, 4.69) is 10.3 Å². The van der Waals surface area contributed by atoms with Crippen LogP contribution in [0.4, 0.5) is 0 Å². The first kappa shape index (κ1) is 14.0. The van der Waals surface area contributed by atoms with Gasteiger partial charge in [-0.25, -0.2) is 4.68 Å². The Hall–Kier alpha value is -1.47. The van der Waals surface area contributed by atoms with Crippen molar-refractivity contribution in [1.29, 1.82) is 0 Å². The SMILES string of the molecule is COCC1CCCN(C(=O)Cn2cc(CN)nn2)C1. The number of methoxy groups -OCH3 is 1. The molecule has 2 heterocycles. The summed E-state index contributed by atoms with van der Waals surface area (Å²) in [6.45, 7) is 2.87. The molecule has 1 atom stereocenters. The van der Waals surface area contributed by atoms with Crippen molar-refractivity contribution in [3.05, 3.63) is 11.9 Å².